The summed E-state index contributed by atoms with van der Waals surface area (Å²) in [4.78, 5) is 13.6. The number of hydrogen-bond acceptors (Lipinski definition) is 5. The van der Waals surface area contributed by atoms with Crippen LogP contribution in [0.3, 0.4) is 0 Å². The maximum absolute atomic E-state index is 11.8. The second kappa shape index (κ2) is 7.43. The molecule has 1 heterocycles. The second-order valence-electron chi connectivity index (χ2n) is 5.46. The van der Waals surface area contributed by atoms with E-state index in [-0.39, 0.29) is 5.57 Å². The highest BCUT2D eigenvalue weighted by molar-refractivity contribution is 7.88. The molecule has 1 fully saturated rings. The topological polar surface area (TPSA) is 93.5 Å². The molecule has 8 heteroatoms. The van der Waals surface area contributed by atoms with Gasteiger partial charge in [-0.25, -0.2) is 8.42 Å². The van der Waals surface area contributed by atoms with Gasteiger partial charge in [0.1, 0.15) is 11.6 Å². The first-order valence-electron chi connectivity index (χ1n) is 6.83. The van der Waals surface area contributed by atoms with Gasteiger partial charge in [0.25, 0.3) is 5.91 Å². The van der Waals surface area contributed by atoms with Crippen molar-refractivity contribution < 1.29 is 13.2 Å². The lowest BCUT2D eigenvalue weighted by atomic mass is 10.2. The van der Waals surface area contributed by atoms with E-state index in [1.807, 2.05) is 19.9 Å². The van der Waals surface area contributed by atoms with Gasteiger partial charge in [-0.15, -0.1) is 0 Å². The van der Waals surface area contributed by atoms with Crippen LogP contribution in [-0.4, -0.2) is 62.5 Å². The molecular formula is C13H22N4O3S. The van der Waals surface area contributed by atoms with Gasteiger partial charge in [0.2, 0.25) is 10.0 Å². The van der Waals surface area contributed by atoms with Crippen molar-refractivity contribution in [2.75, 3.05) is 39.0 Å². The number of nitrogens with one attached hydrogen (secondary N) is 1. The number of piperazine rings is 1. The van der Waals surface area contributed by atoms with Crippen LogP contribution in [0.25, 0.3) is 0 Å². The maximum atomic E-state index is 11.8. The first-order valence-corrected chi connectivity index (χ1v) is 8.68. The molecular weight excluding hydrogens is 292 g/mol. The molecule has 0 radical (unpaired) electrons. The van der Waals surface area contributed by atoms with Gasteiger partial charge < -0.3 is 10.2 Å². The van der Waals surface area contributed by atoms with E-state index in [1.54, 1.807) is 4.90 Å². The minimum atomic E-state index is -3.18. The molecule has 0 aromatic rings. The zero-order valence-corrected chi connectivity index (χ0v) is 13.5. The van der Waals surface area contributed by atoms with Gasteiger partial charge >= 0.3 is 0 Å². The van der Waals surface area contributed by atoms with Crippen LogP contribution in [0.1, 0.15) is 13.8 Å². The lowest BCUT2D eigenvalue weighted by Gasteiger charge is -2.32. The van der Waals surface area contributed by atoms with Gasteiger partial charge in [-0.05, 0) is 5.92 Å². The average molecular weight is 314 g/mol. The zero-order valence-electron chi connectivity index (χ0n) is 12.7. The number of carbonyl (C=O) groups is 1. The van der Waals surface area contributed by atoms with E-state index >= 15 is 0 Å². The highest BCUT2D eigenvalue weighted by atomic mass is 32.2. The number of carbonyl (C=O) groups excluding carboxylic acids is 1. The van der Waals surface area contributed by atoms with E-state index in [4.69, 9.17) is 5.26 Å². The van der Waals surface area contributed by atoms with Gasteiger partial charge in [-0.2, -0.15) is 9.57 Å². The van der Waals surface area contributed by atoms with Crippen LogP contribution in [0.4, 0.5) is 0 Å². The van der Waals surface area contributed by atoms with E-state index in [9.17, 15) is 13.2 Å². The van der Waals surface area contributed by atoms with Crippen molar-refractivity contribution in [1.82, 2.24) is 14.5 Å². The molecule has 0 saturated carbocycles. The molecule has 0 bridgehead atoms. The highest BCUT2D eigenvalue weighted by Crippen LogP contribution is 2.08. The summed E-state index contributed by atoms with van der Waals surface area (Å²) in [5, 5.41) is 11.8. The molecule has 7 nitrogen and oxygen atoms in total. The Kier molecular flexibility index (Phi) is 6.18. The second-order valence-corrected chi connectivity index (χ2v) is 7.44. The van der Waals surface area contributed by atoms with E-state index in [1.165, 1.54) is 16.8 Å². The molecule has 21 heavy (non-hydrogen) atoms. The number of hydrogen-bond donors (Lipinski definition) is 1. The number of sulfonamides is 1. The van der Waals surface area contributed by atoms with Crippen LogP contribution < -0.4 is 5.32 Å². The Bertz CT molecular complexity index is 540. The van der Waals surface area contributed by atoms with Crippen LogP contribution in [0.2, 0.25) is 0 Å². The minimum absolute atomic E-state index is 0.0449. The van der Waals surface area contributed by atoms with E-state index < -0.39 is 15.9 Å². The van der Waals surface area contributed by atoms with Crippen molar-refractivity contribution in [3.8, 4) is 6.07 Å². The fourth-order valence-electron chi connectivity index (χ4n) is 1.88. The smallest absolute Gasteiger partial charge is 0.263 e. The number of rotatable bonds is 5. The summed E-state index contributed by atoms with van der Waals surface area (Å²) < 4.78 is 24.2. The van der Waals surface area contributed by atoms with Crippen molar-refractivity contribution in [2.45, 2.75) is 13.8 Å². The minimum Gasteiger partial charge on any atom is -0.373 e. The van der Waals surface area contributed by atoms with Crippen LogP contribution in [-0.2, 0) is 14.8 Å². The predicted octanol–water partition coefficient (Wildman–Crippen LogP) is -0.257. The highest BCUT2D eigenvalue weighted by Gasteiger charge is 2.22. The van der Waals surface area contributed by atoms with Crippen LogP contribution in [0, 0.1) is 17.2 Å². The zero-order chi connectivity index (χ0) is 16.0. The Morgan fingerprint density at radius 1 is 1.33 bits per heavy atom. The summed E-state index contributed by atoms with van der Waals surface area (Å²) in [7, 11) is -3.18. The third-order valence-electron chi connectivity index (χ3n) is 3.09. The lowest BCUT2D eigenvalue weighted by molar-refractivity contribution is -0.117. The third-order valence-corrected chi connectivity index (χ3v) is 4.39. The fraction of sp³-hybridized carbons (Fsp3) is 0.692. The molecule has 1 N–H and O–H groups in total. The summed E-state index contributed by atoms with van der Waals surface area (Å²) in [5.41, 5.74) is 0.0449. The third kappa shape index (κ3) is 5.73. The van der Waals surface area contributed by atoms with Crippen molar-refractivity contribution in [3.63, 3.8) is 0 Å². The lowest BCUT2D eigenvalue weighted by Crippen LogP contribution is -2.46. The van der Waals surface area contributed by atoms with E-state index in [2.05, 4.69) is 5.32 Å². The first kappa shape index (κ1) is 17.5. The molecule has 1 amide bonds. The molecule has 1 aliphatic heterocycles. The van der Waals surface area contributed by atoms with E-state index in [0.29, 0.717) is 38.6 Å². The van der Waals surface area contributed by atoms with E-state index in [0.717, 1.165) is 0 Å². The Hall–Kier alpha value is -1.59. The Labute approximate surface area is 126 Å². The SMILES string of the molecule is CC(C)CNC(=O)/C(C#N)=C\N1CCN(S(C)(=O)=O)CC1. The summed E-state index contributed by atoms with van der Waals surface area (Å²) >= 11 is 0. The van der Waals surface area contributed by atoms with Crippen LogP contribution in [0.15, 0.2) is 11.8 Å². The molecule has 1 saturated heterocycles. The molecule has 1 rings (SSSR count). The normalized spacial score (nSPS) is 17.7. The summed E-state index contributed by atoms with van der Waals surface area (Å²) in [6, 6.07) is 1.89. The van der Waals surface area contributed by atoms with Crippen molar-refractivity contribution in [1.29, 1.82) is 5.26 Å². The summed E-state index contributed by atoms with van der Waals surface area (Å²) in [6.07, 6.45) is 2.69. The fourth-order valence-corrected chi connectivity index (χ4v) is 2.70. The van der Waals surface area contributed by atoms with Crippen molar-refractivity contribution in [3.05, 3.63) is 11.8 Å². The molecule has 1 aliphatic rings. The number of nitriles is 1. The Balaban J connectivity index is 2.61. The van der Waals surface area contributed by atoms with Crippen molar-refractivity contribution in [2.24, 2.45) is 5.92 Å². The summed E-state index contributed by atoms with van der Waals surface area (Å²) in [5.74, 6) is -0.0797. The van der Waals surface area contributed by atoms with Crippen molar-refractivity contribution >= 4 is 15.9 Å². The molecule has 118 valence electrons. The van der Waals surface area contributed by atoms with Crippen LogP contribution in [0.5, 0.6) is 0 Å². The molecule has 0 atom stereocenters. The largest absolute Gasteiger partial charge is 0.373 e. The van der Waals surface area contributed by atoms with Gasteiger partial charge in [-0.1, -0.05) is 13.8 Å². The Morgan fingerprint density at radius 3 is 2.33 bits per heavy atom. The average Bonchev–Trinajstić information content (AvgIpc) is 2.41. The summed E-state index contributed by atoms with van der Waals surface area (Å²) in [6.45, 7) is 6.12. The number of nitrogens with zero attached hydrogens (tertiary/aromatic N) is 3. The molecule has 0 spiro atoms. The van der Waals surface area contributed by atoms with Gasteiger partial charge in [0.05, 0.1) is 6.26 Å². The maximum Gasteiger partial charge on any atom is 0.263 e. The number of amides is 1. The quantitative estimate of drug-likeness (QED) is 0.557. The molecule has 0 unspecified atom stereocenters. The molecule has 0 aromatic heterocycles. The Morgan fingerprint density at radius 2 is 1.90 bits per heavy atom. The van der Waals surface area contributed by atoms with Gasteiger partial charge in [-0.3, -0.25) is 4.79 Å². The monoisotopic (exact) mass is 314 g/mol. The van der Waals surface area contributed by atoms with Crippen LogP contribution >= 0.6 is 0 Å². The standard InChI is InChI=1S/C13H22N4O3S/c1-11(2)9-15-13(18)12(8-14)10-16-4-6-17(7-5-16)21(3,19)20/h10-11H,4-7,9H2,1-3H3,(H,15,18)/b12-10-. The predicted molar refractivity (Wildman–Crippen MR) is 79.5 cm³/mol. The van der Waals surface area contributed by atoms with Gasteiger partial charge in [0.15, 0.2) is 0 Å². The first-order chi connectivity index (χ1) is 9.74. The molecule has 0 aliphatic carbocycles. The molecule has 0 aromatic carbocycles. The van der Waals surface area contributed by atoms with Gasteiger partial charge in [0, 0.05) is 38.9 Å².